The van der Waals surface area contributed by atoms with Gasteiger partial charge in [-0.25, -0.2) is 4.98 Å². The lowest BCUT2D eigenvalue weighted by Crippen LogP contribution is -3.14. The van der Waals surface area contributed by atoms with Gasteiger partial charge in [-0.15, -0.1) is 5.10 Å². The average Bonchev–Trinajstić information content (AvgIpc) is 3.46. The van der Waals surface area contributed by atoms with Gasteiger partial charge in [0.2, 0.25) is 10.8 Å². The number of ether oxygens (including phenoxy) is 2. The first-order valence-corrected chi connectivity index (χ1v) is 10.2. The van der Waals surface area contributed by atoms with Gasteiger partial charge >= 0.3 is 0 Å². The first-order chi connectivity index (χ1) is 13.2. The van der Waals surface area contributed by atoms with E-state index in [9.17, 15) is 5.11 Å². The molecular weight excluding hydrogens is 368 g/mol. The second-order valence-corrected chi connectivity index (χ2v) is 8.09. The number of aromatic hydroxyl groups is 1. The summed E-state index contributed by atoms with van der Waals surface area (Å²) in [5.41, 5.74) is 0. The number of furan rings is 1. The van der Waals surface area contributed by atoms with E-state index in [1.54, 1.807) is 10.8 Å². The number of nitrogens with zero attached hydrogens (tertiary/aromatic N) is 3. The molecule has 8 nitrogen and oxygen atoms in total. The molecule has 144 valence electrons. The van der Waals surface area contributed by atoms with Crippen LogP contribution in [0.3, 0.4) is 0 Å². The molecule has 0 aliphatic carbocycles. The molecule has 2 fully saturated rings. The third kappa shape index (κ3) is 2.85. The normalized spacial score (nSPS) is 21.4. The minimum Gasteiger partial charge on any atom is -0.492 e. The number of aryl methyl sites for hydroxylation is 1. The zero-order valence-electron chi connectivity index (χ0n) is 15.2. The van der Waals surface area contributed by atoms with E-state index in [1.807, 2.05) is 19.1 Å². The van der Waals surface area contributed by atoms with Crippen LogP contribution in [0, 0.1) is 0 Å². The first-order valence-electron chi connectivity index (χ1n) is 9.42. The highest BCUT2D eigenvalue weighted by Crippen LogP contribution is 2.36. The minimum atomic E-state index is -0.416. The zero-order chi connectivity index (χ0) is 18.4. The van der Waals surface area contributed by atoms with E-state index >= 15 is 0 Å². The van der Waals surface area contributed by atoms with Crippen LogP contribution in [0.2, 0.25) is 0 Å². The number of likely N-dealkylation sites (tertiary alicyclic amines) is 1. The molecule has 0 amide bonds. The van der Waals surface area contributed by atoms with Crippen molar-refractivity contribution in [2.45, 2.75) is 38.0 Å². The molecule has 0 radical (unpaired) electrons. The molecule has 3 aromatic rings. The largest absolute Gasteiger partial charge is 0.492 e. The Morgan fingerprint density at radius 2 is 2.11 bits per heavy atom. The van der Waals surface area contributed by atoms with Gasteiger partial charge in [-0.3, -0.25) is 0 Å². The van der Waals surface area contributed by atoms with Crippen LogP contribution in [0.15, 0.2) is 22.8 Å². The van der Waals surface area contributed by atoms with Gasteiger partial charge in [0.05, 0.1) is 45.4 Å². The highest BCUT2D eigenvalue weighted by atomic mass is 32.1. The zero-order valence-corrected chi connectivity index (χ0v) is 16.0. The van der Waals surface area contributed by atoms with Gasteiger partial charge in [0.1, 0.15) is 4.88 Å². The Labute approximate surface area is 160 Å². The van der Waals surface area contributed by atoms with Crippen molar-refractivity contribution in [3.8, 4) is 5.88 Å². The highest BCUT2D eigenvalue weighted by molar-refractivity contribution is 7.17. The summed E-state index contributed by atoms with van der Waals surface area (Å²) in [6, 6.07) is 3.76. The predicted molar refractivity (Wildman–Crippen MR) is 97.0 cm³/mol. The number of quaternary nitrogens is 1. The smallest absolute Gasteiger partial charge is 0.235 e. The maximum atomic E-state index is 10.9. The van der Waals surface area contributed by atoms with Crippen LogP contribution in [-0.2, 0) is 15.9 Å². The molecule has 0 saturated carbocycles. The Morgan fingerprint density at radius 1 is 1.33 bits per heavy atom. The van der Waals surface area contributed by atoms with Gasteiger partial charge in [-0.2, -0.15) is 4.52 Å². The summed E-state index contributed by atoms with van der Waals surface area (Å²) in [7, 11) is 0. The van der Waals surface area contributed by atoms with Crippen LogP contribution < -0.4 is 4.90 Å². The molecule has 2 N–H and O–H groups in total. The lowest BCUT2D eigenvalue weighted by Gasteiger charge is -2.37. The summed E-state index contributed by atoms with van der Waals surface area (Å²) in [4.78, 5) is 7.38. The average molecular weight is 391 g/mol. The molecule has 5 heterocycles. The summed E-state index contributed by atoms with van der Waals surface area (Å²) in [5.74, 6) is 1.32. The summed E-state index contributed by atoms with van der Waals surface area (Å²) in [6.07, 6.45) is 4.09. The van der Waals surface area contributed by atoms with E-state index in [2.05, 4.69) is 10.1 Å². The van der Waals surface area contributed by atoms with Gasteiger partial charge in [0, 0.05) is 6.42 Å². The molecule has 0 bridgehead atoms. The Balaban J connectivity index is 1.49. The quantitative estimate of drug-likeness (QED) is 0.694. The predicted octanol–water partition coefficient (Wildman–Crippen LogP) is 1.16. The molecule has 0 unspecified atom stereocenters. The molecule has 2 aliphatic heterocycles. The molecule has 5 rings (SSSR count). The lowest BCUT2D eigenvalue weighted by atomic mass is 10.0. The Bertz CT molecular complexity index is 919. The fraction of sp³-hybridized carbons (Fsp3) is 0.556. The van der Waals surface area contributed by atoms with Crippen LogP contribution in [0.1, 0.15) is 42.3 Å². The highest BCUT2D eigenvalue weighted by Gasteiger charge is 2.45. The SMILES string of the molecule is CCc1nc2sc([C@@H](c3ccco3)[NH+]3CCC4(CC3)OCCO4)c(O)n2n1. The van der Waals surface area contributed by atoms with Gasteiger partial charge in [0.15, 0.2) is 23.4 Å². The summed E-state index contributed by atoms with van der Waals surface area (Å²) in [6.45, 7) is 5.10. The van der Waals surface area contributed by atoms with Crippen molar-refractivity contribution in [2.75, 3.05) is 26.3 Å². The van der Waals surface area contributed by atoms with Crippen LogP contribution in [-0.4, -0.2) is 51.8 Å². The second kappa shape index (κ2) is 6.59. The third-order valence-corrected chi connectivity index (χ3v) is 6.61. The van der Waals surface area contributed by atoms with Crippen LogP contribution in [0.25, 0.3) is 4.96 Å². The van der Waals surface area contributed by atoms with E-state index in [0.717, 1.165) is 48.8 Å². The molecule has 1 spiro atoms. The Hall–Kier alpha value is -1.94. The van der Waals surface area contributed by atoms with Crippen LogP contribution in [0.4, 0.5) is 0 Å². The lowest BCUT2D eigenvalue weighted by molar-refractivity contribution is -0.934. The van der Waals surface area contributed by atoms with Crippen molar-refractivity contribution in [1.82, 2.24) is 14.6 Å². The van der Waals surface area contributed by atoms with Crippen molar-refractivity contribution in [1.29, 1.82) is 0 Å². The summed E-state index contributed by atoms with van der Waals surface area (Å²) < 4.78 is 19.0. The van der Waals surface area contributed by atoms with Crippen molar-refractivity contribution >= 4 is 16.3 Å². The summed E-state index contributed by atoms with van der Waals surface area (Å²) in [5, 5.41) is 15.3. The number of hydrogen-bond donors (Lipinski definition) is 2. The minimum absolute atomic E-state index is 0.0997. The van der Waals surface area contributed by atoms with Gasteiger partial charge in [0.25, 0.3) is 0 Å². The third-order valence-electron chi connectivity index (χ3n) is 5.53. The van der Waals surface area contributed by atoms with Crippen molar-refractivity contribution in [2.24, 2.45) is 0 Å². The van der Waals surface area contributed by atoms with Gasteiger partial charge < -0.3 is 23.9 Å². The summed E-state index contributed by atoms with van der Waals surface area (Å²) >= 11 is 1.48. The maximum absolute atomic E-state index is 10.9. The van der Waals surface area contributed by atoms with E-state index in [1.165, 1.54) is 16.2 Å². The molecule has 0 aromatic carbocycles. The van der Waals surface area contributed by atoms with E-state index in [0.29, 0.717) is 18.2 Å². The van der Waals surface area contributed by atoms with Gasteiger partial charge in [-0.1, -0.05) is 18.3 Å². The van der Waals surface area contributed by atoms with E-state index in [-0.39, 0.29) is 11.9 Å². The van der Waals surface area contributed by atoms with Crippen LogP contribution in [0.5, 0.6) is 5.88 Å². The molecule has 2 aliphatic rings. The number of piperidine rings is 1. The molecule has 9 heteroatoms. The number of aromatic nitrogens is 3. The fourth-order valence-electron chi connectivity index (χ4n) is 4.13. The number of fused-ring (bicyclic) bond motifs is 1. The molecule has 27 heavy (non-hydrogen) atoms. The molecular formula is C18H23N4O4S+. The Morgan fingerprint density at radius 3 is 2.74 bits per heavy atom. The van der Waals surface area contributed by atoms with Gasteiger partial charge in [-0.05, 0) is 12.1 Å². The van der Waals surface area contributed by atoms with Crippen molar-refractivity contribution in [3.05, 3.63) is 34.9 Å². The van der Waals surface area contributed by atoms with Crippen molar-refractivity contribution in [3.63, 3.8) is 0 Å². The molecule has 2 saturated heterocycles. The Kier molecular flexibility index (Phi) is 4.19. The number of nitrogens with one attached hydrogen (secondary N) is 1. The monoisotopic (exact) mass is 391 g/mol. The molecule has 1 atom stereocenters. The fourth-order valence-corrected chi connectivity index (χ4v) is 5.27. The van der Waals surface area contributed by atoms with Crippen molar-refractivity contribution < 1.29 is 23.9 Å². The van der Waals surface area contributed by atoms with Crippen LogP contribution >= 0.6 is 11.3 Å². The second-order valence-electron chi connectivity index (χ2n) is 7.08. The standard InChI is InChI=1S/C18H22N4O4S/c1-2-13-19-17-22(20-13)16(23)15(27-17)14(12-4-3-9-24-12)21-7-5-18(6-8-21)25-10-11-26-18/h3-4,9,14,23H,2,5-8,10-11H2,1H3/p+1/t14-/m1/s1. The number of rotatable bonds is 4. The van der Waals surface area contributed by atoms with E-state index < -0.39 is 5.79 Å². The topological polar surface area (TPSA) is 86.5 Å². The first kappa shape index (κ1) is 17.2. The molecule has 3 aromatic heterocycles. The maximum Gasteiger partial charge on any atom is 0.235 e. The number of thiazole rings is 1. The van der Waals surface area contributed by atoms with E-state index in [4.69, 9.17) is 13.9 Å². The number of hydrogen-bond acceptors (Lipinski definition) is 7.